The molecule has 1 saturated heterocycles. The van der Waals surface area contributed by atoms with E-state index in [0.29, 0.717) is 17.0 Å². The number of allylic oxidation sites excluding steroid dienone is 1. The number of amides is 2. The summed E-state index contributed by atoms with van der Waals surface area (Å²) in [6, 6.07) is 12.6. The summed E-state index contributed by atoms with van der Waals surface area (Å²) in [6.45, 7) is 1.50. The maximum Gasteiger partial charge on any atom is 0.406 e. The van der Waals surface area contributed by atoms with Gasteiger partial charge in [0.25, 0.3) is 11.8 Å². The molecule has 2 aromatic carbocycles. The van der Waals surface area contributed by atoms with Gasteiger partial charge in [0, 0.05) is 11.4 Å². The number of nitrogens with one attached hydrogen (secondary N) is 3. The minimum Gasteiger partial charge on any atom is -0.497 e. The van der Waals surface area contributed by atoms with Crippen LogP contribution >= 0.6 is 0 Å². The topological polar surface area (TPSA) is 82.7 Å². The second-order valence-electron chi connectivity index (χ2n) is 7.53. The Morgan fingerprint density at radius 2 is 1.75 bits per heavy atom. The van der Waals surface area contributed by atoms with Crippen molar-refractivity contribution in [3.63, 3.8) is 0 Å². The number of fused-ring (bicyclic) bond motifs is 1. The Bertz CT molecular complexity index is 1050. The van der Waals surface area contributed by atoms with Crippen LogP contribution in [-0.2, 0) is 9.59 Å². The van der Waals surface area contributed by atoms with E-state index in [1.54, 1.807) is 54.6 Å². The second kappa shape index (κ2) is 8.19. The number of ether oxygens (including phenoxy) is 1. The summed E-state index contributed by atoms with van der Waals surface area (Å²) in [5.74, 6) is -2.06. The number of rotatable bonds is 4. The second-order valence-corrected chi connectivity index (χ2v) is 7.53. The molecule has 0 spiro atoms. The van der Waals surface area contributed by atoms with Crippen LogP contribution in [0.5, 0.6) is 5.75 Å². The lowest BCUT2D eigenvalue weighted by molar-refractivity contribution is -0.161. The Hall–Kier alpha value is -3.53. The van der Waals surface area contributed by atoms with Gasteiger partial charge in [-0.15, -0.1) is 0 Å². The lowest BCUT2D eigenvalue weighted by Gasteiger charge is -2.34. The van der Waals surface area contributed by atoms with E-state index in [1.165, 1.54) is 14.0 Å². The molecule has 2 aliphatic heterocycles. The lowest BCUT2D eigenvalue weighted by Crippen LogP contribution is -2.56. The zero-order valence-electron chi connectivity index (χ0n) is 17.2. The maximum absolute atomic E-state index is 13.8. The molecule has 1 fully saturated rings. The quantitative estimate of drug-likeness (QED) is 0.630. The van der Waals surface area contributed by atoms with Crippen molar-refractivity contribution < 1.29 is 27.5 Å². The molecule has 2 aromatic rings. The van der Waals surface area contributed by atoms with Gasteiger partial charge in [0.05, 0.1) is 13.0 Å². The van der Waals surface area contributed by atoms with Crippen LogP contribution in [0.25, 0.3) is 0 Å². The summed E-state index contributed by atoms with van der Waals surface area (Å²) in [6.07, 6.45) is -5.62. The molecule has 168 valence electrons. The summed E-state index contributed by atoms with van der Waals surface area (Å²) in [7, 11) is 1.50. The van der Waals surface area contributed by atoms with Gasteiger partial charge in [0.15, 0.2) is 0 Å². The van der Waals surface area contributed by atoms with Gasteiger partial charge in [0.2, 0.25) is 0 Å². The monoisotopic (exact) mass is 446 g/mol. The van der Waals surface area contributed by atoms with Crippen molar-refractivity contribution in [3.05, 3.63) is 71.4 Å². The number of carbonyl (C=O) groups is 2. The third-order valence-electron chi connectivity index (χ3n) is 5.54. The molecule has 3 N–H and O–H groups in total. The molecule has 0 radical (unpaired) electrons. The number of alkyl halides is 3. The summed E-state index contributed by atoms with van der Waals surface area (Å²) in [4.78, 5) is 25.9. The molecule has 10 heteroatoms. The van der Waals surface area contributed by atoms with Crippen molar-refractivity contribution in [2.75, 3.05) is 12.4 Å². The van der Waals surface area contributed by atoms with Crippen LogP contribution in [-0.4, -0.2) is 42.3 Å². The van der Waals surface area contributed by atoms with E-state index in [1.807, 2.05) is 0 Å². The Kier molecular flexibility index (Phi) is 5.55. The number of hydrogen-bond donors (Lipinski definition) is 3. The lowest BCUT2D eigenvalue weighted by atomic mass is 9.89. The Labute approximate surface area is 182 Å². The highest BCUT2D eigenvalue weighted by molar-refractivity contribution is 6.23. The van der Waals surface area contributed by atoms with Gasteiger partial charge in [-0.3, -0.25) is 9.59 Å². The molecule has 0 aromatic heterocycles. The predicted octanol–water partition coefficient (Wildman–Crippen LogP) is 2.90. The van der Waals surface area contributed by atoms with Crippen molar-refractivity contribution in [1.82, 2.24) is 15.8 Å². The fourth-order valence-electron chi connectivity index (χ4n) is 4.03. The largest absolute Gasteiger partial charge is 0.497 e. The molecule has 32 heavy (non-hydrogen) atoms. The summed E-state index contributed by atoms with van der Waals surface area (Å²) < 4.78 is 46.6. The molecular weight excluding hydrogens is 425 g/mol. The van der Waals surface area contributed by atoms with Gasteiger partial charge in [-0.2, -0.15) is 13.2 Å². The zero-order valence-corrected chi connectivity index (χ0v) is 17.2. The number of hydrogen-bond acceptors (Lipinski definition) is 5. The summed E-state index contributed by atoms with van der Waals surface area (Å²) >= 11 is 0. The standard InChI is InChI=1S/C22H21F3N4O3/c1-12-16(20(30)27-14-8-10-15(32-2)11-9-14)21(31)29-19(26-12)17(13-6-4-3-5-7-13)18(28-29)22(23,24)25/h3-11,17-19,26,28H,1-2H3,(H,27,30). The zero-order chi connectivity index (χ0) is 23.0. The maximum atomic E-state index is 13.8. The Balaban J connectivity index is 1.63. The predicted molar refractivity (Wildman–Crippen MR) is 110 cm³/mol. The average molecular weight is 446 g/mol. The first-order chi connectivity index (χ1) is 15.2. The minimum atomic E-state index is -4.61. The van der Waals surface area contributed by atoms with Crippen LogP contribution in [0.2, 0.25) is 0 Å². The van der Waals surface area contributed by atoms with Crippen molar-refractivity contribution in [2.45, 2.75) is 31.2 Å². The molecule has 0 saturated carbocycles. The molecule has 4 rings (SSSR count). The van der Waals surface area contributed by atoms with Crippen LogP contribution in [0.1, 0.15) is 18.4 Å². The van der Waals surface area contributed by atoms with Crippen LogP contribution in [0.4, 0.5) is 18.9 Å². The van der Waals surface area contributed by atoms with E-state index in [9.17, 15) is 22.8 Å². The Morgan fingerprint density at radius 1 is 1.09 bits per heavy atom. The van der Waals surface area contributed by atoms with Gasteiger partial charge in [-0.05, 0) is 36.8 Å². The molecular formula is C22H21F3N4O3. The van der Waals surface area contributed by atoms with E-state index in [2.05, 4.69) is 16.1 Å². The Morgan fingerprint density at radius 3 is 2.34 bits per heavy atom. The number of halogens is 3. The van der Waals surface area contributed by atoms with E-state index < -0.39 is 36.1 Å². The normalized spacial score (nSPS) is 23.0. The number of nitrogens with zero attached hydrogens (tertiary/aromatic N) is 1. The van der Waals surface area contributed by atoms with Crippen molar-refractivity contribution in [3.8, 4) is 5.75 Å². The third kappa shape index (κ3) is 3.89. The molecule has 2 aliphatic rings. The number of carbonyl (C=O) groups excluding carboxylic acids is 2. The molecule has 3 unspecified atom stereocenters. The van der Waals surface area contributed by atoms with E-state index >= 15 is 0 Å². The smallest absolute Gasteiger partial charge is 0.406 e. The average Bonchev–Trinajstić information content (AvgIpc) is 3.15. The van der Waals surface area contributed by atoms with Crippen molar-refractivity contribution >= 4 is 17.5 Å². The van der Waals surface area contributed by atoms with Crippen LogP contribution in [0, 0.1) is 0 Å². The minimum absolute atomic E-state index is 0.202. The highest BCUT2D eigenvalue weighted by atomic mass is 19.4. The van der Waals surface area contributed by atoms with Crippen molar-refractivity contribution in [2.24, 2.45) is 0 Å². The fourth-order valence-corrected chi connectivity index (χ4v) is 4.03. The van der Waals surface area contributed by atoms with Gasteiger partial charge in [-0.1, -0.05) is 30.3 Å². The molecule has 0 bridgehead atoms. The molecule has 7 nitrogen and oxygen atoms in total. The summed E-state index contributed by atoms with van der Waals surface area (Å²) in [5.41, 5.74) is 3.06. The number of methoxy groups -OCH3 is 1. The van der Waals surface area contributed by atoms with Gasteiger partial charge >= 0.3 is 6.18 Å². The van der Waals surface area contributed by atoms with Crippen molar-refractivity contribution in [1.29, 1.82) is 0 Å². The van der Waals surface area contributed by atoms with Gasteiger partial charge < -0.3 is 15.4 Å². The van der Waals surface area contributed by atoms with Crippen LogP contribution < -0.4 is 20.8 Å². The third-order valence-corrected chi connectivity index (χ3v) is 5.54. The fraction of sp³-hybridized carbons (Fsp3) is 0.273. The highest BCUT2D eigenvalue weighted by Crippen LogP contribution is 2.41. The SMILES string of the molecule is COc1ccc(NC(=O)C2=C(C)NC3C(c4ccccc4)C(C(F)(F)F)NN3C2=O)cc1. The summed E-state index contributed by atoms with van der Waals surface area (Å²) in [5, 5.41) is 6.40. The molecule has 3 atom stereocenters. The van der Waals surface area contributed by atoms with E-state index in [0.717, 1.165) is 5.01 Å². The highest BCUT2D eigenvalue weighted by Gasteiger charge is 2.58. The van der Waals surface area contributed by atoms with E-state index in [-0.39, 0.29) is 11.3 Å². The van der Waals surface area contributed by atoms with E-state index in [4.69, 9.17) is 4.74 Å². The first-order valence-corrected chi connectivity index (χ1v) is 9.85. The molecule has 2 heterocycles. The van der Waals surface area contributed by atoms with Crippen LogP contribution in [0.15, 0.2) is 65.9 Å². The first-order valence-electron chi connectivity index (χ1n) is 9.85. The van der Waals surface area contributed by atoms with Crippen LogP contribution in [0.3, 0.4) is 0 Å². The number of anilines is 1. The van der Waals surface area contributed by atoms with Gasteiger partial charge in [-0.25, -0.2) is 10.4 Å². The first kappa shape index (κ1) is 21.7. The number of benzene rings is 2. The number of hydrazine groups is 1. The molecule has 2 amide bonds. The van der Waals surface area contributed by atoms with Gasteiger partial charge in [0.1, 0.15) is 23.5 Å². The molecule has 0 aliphatic carbocycles.